The Morgan fingerprint density at radius 3 is 2.78 bits per heavy atom. The van der Waals surface area contributed by atoms with Crippen molar-refractivity contribution in [3.63, 3.8) is 0 Å². The molecule has 0 atom stereocenters. The summed E-state index contributed by atoms with van der Waals surface area (Å²) < 4.78 is 1.90. The molecule has 0 fully saturated rings. The van der Waals surface area contributed by atoms with Gasteiger partial charge in [-0.15, -0.1) is 0 Å². The van der Waals surface area contributed by atoms with Crippen LogP contribution in [-0.2, 0) is 6.54 Å². The van der Waals surface area contributed by atoms with Gasteiger partial charge in [-0.25, -0.2) is 0 Å². The van der Waals surface area contributed by atoms with E-state index in [1.165, 1.54) is 0 Å². The molecule has 0 saturated heterocycles. The second-order valence-corrected chi connectivity index (χ2v) is 4.33. The minimum Gasteiger partial charge on any atom is -0.382 e. The van der Waals surface area contributed by atoms with E-state index in [2.05, 4.69) is 10.1 Å². The van der Waals surface area contributed by atoms with Gasteiger partial charge in [0.05, 0.1) is 17.8 Å². The predicted molar refractivity (Wildman–Crippen MR) is 72.2 cm³/mol. The molecule has 2 aromatic heterocycles. The van der Waals surface area contributed by atoms with Gasteiger partial charge in [0.1, 0.15) is 0 Å². The standard InChI is InChI=1S/C14H14N4/c1-10-5-4-6-11(16-10)9-18-13-8-3-2-7-12(13)14(15)17-18/h2-8H,9H2,1H3,(H2,15,17). The maximum absolute atomic E-state index is 5.91. The van der Waals surface area contributed by atoms with E-state index in [-0.39, 0.29) is 0 Å². The predicted octanol–water partition coefficient (Wildman–Crippen LogP) is 2.37. The summed E-state index contributed by atoms with van der Waals surface area (Å²) in [4.78, 5) is 4.48. The Labute approximate surface area is 105 Å². The minimum atomic E-state index is 0.568. The first-order chi connectivity index (χ1) is 8.74. The average Bonchev–Trinajstić information content (AvgIpc) is 2.67. The number of anilines is 1. The van der Waals surface area contributed by atoms with E-state index in [0.29, 0.717) is 12.4 Å². The van der Waals surface area contributed by atoms with Crippen LogP contribution >= 0.6 is 0 Å². The summed E-state index contributed by atoms with van der Waals surface area (Å²) in [6, 6.07) is 14.0. The van der Waals surface area contributed by atoms with Crippen LogP contribution in [0.5, 0.6) is 0 Å². The fourth-order valence-electron chi connectivity index (χ4n) is 2.11. The topological polar surface area (TPSA) is 56.7 Å². The van der Waals surface area contributed by atoms with Gasteiger partial charge in [0.25, 0.3) is 0 Å². The van der Waals surface area contributed by atoms with Gasteiger partial charge in [-0.2, -0.15) is 5.10 Å². The van der Waals surface area contributed by atoms with Gasteiger partial charge in [-0.3, -0.25) is 9.67 Å². The molecule has 1 aromatic carbocycles. The number of nitrogens with zero attached hydrogens (tertiary/aromatic N) is 3. The maximum Gasteiger partial charge on any atom is 0.153 e. The number of nitrogens with two attached hydrogens (primary N) is 1. The molecule has 0 aliphatic rings. The Morgan fingerprint density at radius 1 is 1.11 bits per heavy atom. The van der Waals surface area contributed by atoms with Crippen LogP contribution in [-0.4, -0.2) is 14.8 Å². The maximum atomic E-state index is 5.91. The Kier molecular flexibility index (Phi) is 2.48. The molecule has 0 amide bonds. The van der Waals surface area contributed by atoms with Crippen molar-refractivity contribution in [2.75, 3.05) is 5.73 Å². The third-order valence-electron chi connectivity index (χ3n) is 2.94. The van der Waals surface area contributed by atoms with Gasteiger partial charge in [-0.1, -0.05) is 18.2 Å². The van der Waals surface area contributed by atoms with Gasteiger partial charge in [-0.05, 0) is 31.2 Å². The van der Waals surface area contributed by atoms with Crippen LogP contribution in [0, 0.1) is 6.92 Å². The Morgan fingerprint density at radius 2 is 1.94 bits per heavy atom. The third-order valence-corrected chi connectivity index (χ3v) is 2.94. The number of aromatic nitrogens is 3. The molecule has 0 bridgehead atoms. The zero-order valence-corrected chi connectivity index (χ0v) is 10.2. The normalized spacial score (nSPS) is 10.9. The molecule has 0 unspecified atom stereocenters. The summed E-state index contributed by atoms with van der Waals surface area (Å²) in [5.74, 6) is 0.568. The Bertz CT molecular complexity index is 700. The van der Waals surface area contributed by atoms with E-state index in [9.17, 15) is 0 Å². The van der Waals surface area contributed by atoms with Crippen molar-refractivity contribution in [3.8, 4) is 0 Å². The molecule has 0 aliphatic heterocycles. The summed E-state index contributed by atoms with van der Waals surface area (Å²) in [6.45, 7) is 2.62. The number of fused-ring (bicyclic) bond motifs is 1. The van der Waals surface area contributed by atoms with Crippen molar-refractivity contribution in [3.05, 3.63) is 53.9 Å². The SMILES string of the molecule is Cc1cccc(Cn2nc(N)c3ccccc32)n1. The molecule has 0 spiro atoms. The highest BCUT2D eigenvalue weighted by molar-refractivity contribution is 5.89. The van der Waals surface area contributed by atoms with Crippen LogP contribution in [0.15, 0.2) is 42.5 Å². The molecule has 18 heavy (non-hydrogen) atoms. The number of rotatable bonds is 2. The molecule has 4 nitrogen and oxygen atoms in total. The molecule has 90 valence electrons. The molecule has 3 aromatic rings. The monoisotopic (exact) mass is 238 g/mol. The summed E-state index contributed by atoms with van der Waals surface area (Å²) in [5.41, 5.74) is 8.95. The van der Waals surface area contributed by atoms with Crippen LogP contribution in [0.2, 0.25) is 0 Å². The summed E-state index contributed by atoms with van der Waals surface area (Å²) in [5, 5.41) is 5.36. The van der Waals surface area contributed by atoms with E-state index in [1.54, 1.807) is 0 Å². The zero-order valence-electron chi connectivity index (χ0n) is 10.2. The number of para-hydroxylation sites is 1. The second kappa shape index (κ2) is 4.14. The van der Waals surface area contributed by atoms with E-state index in [1.807, 2.05) is 54.1 Å². The zero-order chi connectivity index (χ0) is 12.5. The first kappa shape index (κ1) is 10.8. The molecule has 4 heteroatoms. The van der Waals surface area contributed by atoms with Crippen LogP contribution in [0.25, 0.3) is 10.9 Å². The van der Waals surface area contributed by atoms with Gasteiger partial charge in [0, 0.05) is 11.1 Å². The van der Waals surface area contributed by atoms with Gasteiger partial charge >= 0.3 is 0 Å². The van der Waals surface area contributed by atoms with Crippen LogP contribution in [0.1, 0.15) is 11.4 Å². The molecule has 0 radical (unpaired) electrons. The quantitative estimate of drug-likeness (QED) is 0.745. The molecule has 2 heterocycles. The van der Waals surface area contributed by atoms with Gasteiger partial charge in [0.15, 0.2) is 5.82 Å². The third kappa shape index (κ3) is 1.82. The van der Waals surface area contributed by atoms with E-state index < -0.39 is 0 Å². The number of pyridine rings is 1. The van der Waals surface area contributed by atoms with Crippen molar-refractivity contribution in [1.29, 1.82) is 0 Å². The molecular weight excluding hydrogens is 224 g/mol. The summed E-state index contributed by atoms with van der Waals surface area (Å²) >= 11 is 0. The van der Waals surface area contributed by atoms with Gasteiger partial charge in [0.2, 0.25) is 0 Å². The molecular formula is C14H14N4. The van der Waals surface area contributed by atoms with E-state index >= 15 is 0 Å². The molecule has 2 N–H and O–H groups in total. The first-order valence-electron chi connectivity index (χ1n) is 5.87. The lowest BCUT2D eigenvalue weighted by molar-refractivity contribution is 0.698. The van der Waals surface area contributed by atoms with Crippen molar-refractivity contribution in [2.24, 2.45) is 0 Å². The highest BCUT2D eigenvalue weighted by Gasteiger charge is 2.07. The fourth-order valence-corrected chi connectivity index (χ4v) is 2.11. The average molecular weight is 238 g/mol. The lowest BCUT2D eigenvalue weighted by atomic mass is 10.2. The lowest BCUT2D eigenvalue weighted by Gasteiger charge is -2.03. The molecule has 0 saturated carbocycles. The van der Waals surface area contributed by atoms with Crippen molar-refractivity contribution >= 4 is 16.7 Å². The number of hydrogen-bond donors (Lipinski definition) is 1. The number of hydrogen-bond acceptors (Lipinski definition) is 3. The highest BCUT2D eigenvalue weighted by Crippen LogP contribution is 2.20. The van der Waals surface area contributed by atoms with Crippen molar-refractivity contribution in [2.45, 2.75) is 13.5 Å². The first-order valence-corrected chi connectivity index (χ1v) is 5.87. The van der Waals surface area contributed by atoms with Crippen LogP contribution < -0.4 is 5.73 Å². The Balaban J connectivity index is 2.05. The van der Waals surface area contributed by atoms with E-state index in [4.69, 9.17) is 5.73 Å². The van der Waals surface area contributed by atoms with Gasteiger partial charge < -0.3 is 5.73 Å². The fraction of sp³-hybridized carbons (Fsp3) is 0.143. The minimum absolute atomic E-state index is 0.568. The van der Waals surface area contributed by atoms with Crippen molar-refractivity contribution < 1.29 is 0 Å². The Hall–Kier alpha value is -2.36. The number of nitrogen functional groups attached to an aromatic ring is 1. The molecule has 0 aliphatic carbocycles. The number of benzene rings is 1. The van der Waals surface area contributed by atoms with Crippen molar-refractivity contribution in [1.82, 2.24) is 14.8 Å². The number of aryl methyl sites for hydroxylation is 1. The smallest absolute Gasteiger partial charge is 0.153 e. The van der Waals surface area contributed by atoms with Crippen LogP contribution in [0.4, 0.5) is 5.82 Å². The summed E-state index contributed by atoms with van der Waals surface area (Å²) in [6.07, 6.45) is 0. The highest BCUT2D eigenvalue weighted by atomic mass is 15.3. The largest absolute Gasteiger partial charge is 0.382 e. The van der Waals surface area contributed by atoms with E-state index in [0.717, 1.165) is 22.3 Å². The summed E-state index contributed by atoms with van der Waals surface area (Å²) in [7, 11) is 0. The molecule has 3 rings (SSSR count). The lowest BCUT2D eigenvalue weighted by Crippen LogP contribution is -2.04. The van der Waals surface area contributed by atoms with Crippen LogP contribution in [0.3, 0.4) is 0 Å². The second-order valence-electron chi connectivity index (χ2n) is 4.33.